The average Bonchev–Trinajstić information content (AvgIpc) is 3.34. The fourth-order valence-corrected chi connectivity index (χ4v) is 4.73. The van der Waals surface area contributed by atoms with Gasteiger partial charge in [0, 0.05) is 50.9 Å². The van der Waals surface area contributed by atoms with Crippen molar-refractivity contribution >= 4 is 23.5 Å². The zero-order chi connectivity index (χ0) is 25.4. The zero-order valence-electron chi connectivity index (χ0n) is 20.8. The highest BCUT2D eigenvalue weighted by Gasteiger charge is 2.34. The van der Waals surface area contributed by atoms with Gasteiger partial charge in [-0.1, -0.05) is 12.1 Å². The second-order valence-electron chi connectivity index (χ2n) is 9.20. The van der Waals surface area contributed by atoms with E-state index in [0.717, 1.165) is 23.0 Å². The van der Waals surface area contributed by atoms with Crippen LogP contribution in [-0.4, -0.2) is 79.8 Å². The van der Waals surface area contributed by atoms with Gasteiger partial charge >= 0.3 is 0 Å². The summed E-state index contributed by atoms with van der Waals surface area (Å²) in [5.74, 6) is 1.77. The number of anilines is 1. The molecule has 2 aromatic heterocycles. The van der Waals surface area contributed by atoms with Crippen LogP contribution in [0.2, 0.25) is 0 Å². The molecule has 0 unspecified atom stereocenters. The van der Waals surface area contributed by atoms with Gasteiger partial charge < -0.3 is 9.80 Å². The molecular formula is C26H29N7O3. The number of piperazine rings is 1. The van der Waals surface area contributed by atoms with Crippen LogP contribution >= 0.6 is 0 Å². The summed E-state index contributed by atoms with van der Waals surface area (Å²) in [5, 5.41) is 0. The van der Waals surface area contributed by atoms with Crippen molar-refractivity contribution in [3.8, 4) is 5.82 Å². The minimum absolute atomic E-state index is 0.0373. The Hall–Kier alpha value is -4.08. The van der Waals surface area contributed by atoms with Gasteiger partial charge in [0.15, 0.2) is 0 Å². The molecule has 1 fully saturated rings. The van der Waals surface area contributed by atoms with Crippen LogP contribution in [0.4, 0.5) is 5.82 Å². The van der Waals surface area contributed by atoms with E-state index in [-0.39, 0.29) is 24.3 Å². The number of aromatic nitrogens is 4. The predicted octanol–water partition coefficient (Wildman–Crippen LogP) is 2.31. The van der Waals surface area contributed by atoms with Gasteiger partial charge in [-0.05, 0) is 39.3 Å². The third-order valence-electron chi connectivity index (χ3n) is 6.92. The number of benzene rings is 1. The SMILES string of the molecule is Cc1nc(N2CCN(C(=O)CCCN3C(=O)c4ccccc4C3=O)CC2)cc(-n2cnc(C)c2C)n1. The van der Waals surface area contributed by atoms with Crippen LogP contribution in [-0.2, 0) is 4.79 Å². The minimum atomic E-state index is -0.280. The minimum Gasteiger partial charge on any atom is -0.353 e. The van der Waals surface area contributed by atoms with Crippen molar-refractivity contribution in [1.29, 1.82) is 0 Å². The summed E-state index contributed by atoms with van der Waals surface area (Å²) in [6, 6.07) is 8.79. The van der Waals surface area contributed by atoms with E-state index in [0.29, 0.717) is 56.0 Å². The molecule has 2 aliphatic rings. The molecule has 0 spiro atoms. The topological polar surface area (TPSA) is 105 Å². The molecule has 3 aromatic rings. The van der Waals surface area contributed by atoms with Crippen LogP contribution < -0.4 is 4.90 Å². The summed E-state index contributed by atoms with van der Waals surface area (Å²) in [4.78, 5) is 56.6. The molecule has 0 N–H and O–H groups in total. The standard InChI is InChI=1S/C26H29N7O3/c1-17-18(2)33(16-27-17)23-15-22(28-19(3)29-23)30-11-13-31(14-12-30)24(34)9-6-10-32-25(35)20-7-4-5-8-21(20)26(32)36/h4-5,7-8,15-16H,6,9-14H2,1-3H3. The maximum Gasteiger partial charge on any atom is 0.261 e. The molecule has 0 radical (unpaired) electrons. The number of fused-ring (bicyclic) bond motifs is 1. The Morgan fingerprint density at radius 2 is 1.56 bits per heavy atom. The molecule has 186 valence electrons. The van der Waals surface area contributed by atoms with Gasteiger partial charge in [-0.2, -0.15) is 0 Å². The highest BCUT2D eigenvalue weighted by molar-refractivity contribution is 6.21. The Morgan fingerprint density at radius 1 is 0.917 bits per heavy atom. The third-order valence-corrected chi connectivity index (χ3v) is 6.92. The molecule has 0 saturated carbocycles. The van der Waals surface area contributed by atoms with Gasteiger partial charge in [-0.15, -0.1) is 0 Å². The van der Waals surface area contributed by atoms with E-state index in [9.17, 15) is 14.4 Å². The Balaban J connectivity index is 1.15. The average molecular weight is 488 g/mol. The molecule has 36 heavy (non-hydrogen) atoms. The third kappa shape index (κ3) is 4.34. The molecule has 2 aliphatic heterocycles. The summed E-state index contributed by atoms with van der Waals surface area (Å²) < 4.78 is 1.96. The molecule has 10 nitrogen and oxygen atoms in total. The largest absolute Gasteiger partial charge is 0.353 e. The van der Waals surface area contributed by atoms with Crippen molar-refractivity contribution in [2.75, 3.05) is 37.6 Å². The Kier molecular flexibility index (Phi) is 6.26. The first-order valence-electron chi connectivity index (χ1n) is 12.2. The Morgan fingerprint density at radius 3 is 2.17 bits per heavy atom. The lowest BCUT2D eigenvalue weighted by Crippen LogP contribution is -2.49. The van der Waals surface area contributed by atoms with Crippen molar-refractivity contribution in [1.82, 2.24) is 29.3 Å². The van der Waals surface area contributed by atoms with Crippen LogP contribution in [0.15, 0.2) is 36.7 Å². The molecule has 0 bridgehead atoms. The molecule has 1 saturated heterocycles. The highest BCUT2D eigenvalue weighted by atomic mass is 16.2. The monoisotopic (exact) mass is 487 g/mol. The fraction of sp³-hybridized carbons (Fsp3) is 0.385. The van der Waals surface area contributed by atoms with Crippen molar-refractivity contribution in [2.45, 2.75) is 33.6 Å². The number of carbonyl (C=O) groups is 3. The zero-order valence-corrected chi connectivity index (χ0v) is 20.8. The first-order valence-corrected chi connectivity index (χ1v) is 12.2. The van der Waals surface area contributed by atoms with Crippen LogP contribution in [0.25, 0.3) is 5.82 Å². The molecule has 3 amide bonds. The van der Waals surface area contributed by atoms with Gasteiger partial charge in [-0.25, -0.2) is 15.0 Å². The Labute approximate surface area is 209 Å². The predicted molar refractivity (Wildman–Crippen MR) is 133 cm³/mol. The van der Waals surface area contributed by atoms with Crippen LogP contribution in [0, 0.1) is 20.8 Å². The van der Waals surface area contributed by atoms with E-state index in [1.807, 2.05) is 36.3 Å². The lowest BCUT2D eigenvalue weighted by molar-refractivity contribution is -0.131. The van der Waals surface area contributed by atoms with Gasteiger partial charge in [0.2, 0.25) is 5.91 Å². The van der Waals surface area contributed by atoms with Crippen molar-refractivity contribution < 1.29 is 14.4 Å². The molecule has 0 aliphatic carbocycles. The highest BCUT2D eigenvalue weighted by Crippen LogP contribution is 2.23. The van der Waals surface area contributed by atoms with E-state index in [1.165, 1.54) is 4.90 Å². The molecule has 10 heteroatoms. The fourth-order valence-electron chi connectivity index (χ4n) is 4.73. The number of rotatable bonds is 6. The smallest absolute Gasteiger partial charge is 0.261 e. The molecular weight excluding hydrogens is 458 g/mol. The number of hydrogen-bond donors (Lipinski definition) is 0. The molecule has 0 atom stereocenters. The first-order chi connectivity index (χ1) is 17.3. The number of aryl methyl sites for hydroxylation is 2. The van der Waals surface area contributed by atoms with Gasteiger partial charge in [-0.3, -0.25) is 23.9 Å². The number of amides is 3. The van der Waals surface area contributed by atoms with Crippen molar-refractivity contribution in [3.63, 3.8) is 0 Å². The second-order valence-corrected chi connectivity index (χ2v) is 9.20. The van der Waals surface area contributed by atoms with Crippen molar-refractivity contribution in [3.05, 3.63) is 65.0 Å². The van der Waals surface area contributed by atoms with E-state index in [2.05, 4.69) is 19.9 Å². The van der Waals surface area contributed by atoms with E-state index < -0.39 is 0 Å². The number of nitrogens with zero attached hydrogens (tertiary/aromatic N) is 7. The lowest BCUT2D eigenvalue weighted by Gasteiger charge is -2.35. The number of hydrogen-bond acceptors (Lipinski definition) is 7. The van der Waals surface area contributed by atoms with Gasteiger partial charge in [0.1, 0.15) is 23.8 Å². The molecule has 5 rings (SSSR count). The Bertz CT molecular complexity index is 1310. The van der Waals surface area contributed by atoms with Gasteiger partial charge in [0.05, 0.1) is 16.8 Å². The molecule has 1 aromatic carbocycles. The number of carbonyl (C=O) groups excluding carboxylic acids is 3. The summed E-state index contributed by atoms with van der Waals surface area (Å²) in [6.07, 6.45) is 2.51. The summed E-state index contributed by atoms with van der Waals surface area (Å²) >= 11 is 0. The van der Waals surface area contributed by atoms with Crippen LogP contribution in [0.3, 0.4) is 0 Å². The second kappa shape index (κ2) is 9.52. The molecule has 4 heterocycles. The van der Waals surface area contributed by atoms with Crippen LogP contribution in [0.5, 0.6) is 0 Å². The van der Waals surface area contributed by atoms with E-state index in [1.54, 1.807) is 30.6 Å². The maximum atomic E-state index is 12.8. The normalized spacial score (nSPS) is 15.6. The van der Waals surface area contributed by atoms with Crippen LogP contribution in [0.1, 0.15) is 50.8 Å². The summed E-state index contributed by atoms with van der Waals surface area (Å²) in [7, 11) is 0. The summed E-state index contributed by atoms with van der Waals surface area (Å²) in [5.41, 5.74) is 2.87. The first kappa shape index (κ1) is 23.7. The summed E-state index contributed by atoms with van der Waals surface area (Å²) in [6.45, 7) is 8.62. The maximum absolute atomic E-state index is 12.8. The quantitative estimate of drug-likeness (QED) is 0.492. The van der Waals surface area contributed by atoms with Crippen molar-refractivity contribution in [2.24, 2.45) is 0 Å². The number of imidazole rings is 1. The van der Waals surface area contributed by atoms with E-state index >= 15 is 0 Å². The lowest BCUT2D eigenvalue weighted by atomic mass is 10.1. The number of imide groups is 1. The van der Waals surface area contributed by atoms with Gasteiger partial charge in [0.25, 0.3) is 11.8 Å². The van der Waals surface area contributed by atoms with E-state index in [4.69, 9.17) is 0 Å².